The number of rotatable bonds is 9. The highest BCUT2D eigenvalue weighted by Gasteiger charge is 2.30. The molecule has 1 atom stereocenters. The van der Waals surface area contributed by atoms with Crippen molar-refractivity contribution in [3.05, 3.63) is 29.8 Å². The van der Waals surface area contributed by atoms with E-state index in [-0.39, 0.29) is 35.6 Å². The van der Waals surface area contributed by atoms with Crippen molar-refractivity contribution in [2.75, 3.05) is 20.2 Å². The van der Waals surface area contributed by atoms with Crippen LogP contribution in [0.25, 0.3) is 0 Å². The van der Waals surface area contributed by atoms with Gasteiger partial charge in [0.15, 0.2) is 0 Å². The lowest BCUT2D eigenvalue weighted by Gasteiger charge is -2.35. The van der Waals surface area contributed by atoms with Gasteiger partial charge in [0, 0.05) is 30.6 Å². The van der Waals surface area contributed by atoms with E-state index in [0.29, 0.717) is 24.4 Å². The van der Waals surface area contributed by atoms with Gasteiger partial charge in [-0.05, 0) is 55.9 Å². The van der Waals surface area contributed by atoms with Crippen LogP contribution in [0.15, 0.2) is 24.3 Å². The van der Waals surface area contributed by atoms with Gasteiger partial charge in [-0.15, -0.1) is 0 Å². The second kappa shape index (κ2) is 11.7. The van der Waals surface area contributed by atoms with Crippen LogP contribution in [0, 0.1) is 11.8 Å². The van der Waals surface area contributed by atoms with Crippen LogP contribution in [0.2, 0.25) is 0 Å². The Balaban J connectivity index is 1.91. The zero-order valence-corrected chi connectivity index (χ0v) is 19.4. The minimum Gasteiger partial charge on any atom is -0.497 e. The van der Waals surface area contributed by atoms with E-state index in [9.17, 15) is 14.4 Å². The fourth-order valence-corrected chi connectivity index (χ4v) is 3.93. The molecule has 1 aliphatic heterocycles. The summed E-state index contributed by atoms with van der Waals surface area (Å²) in [4.78, 5) is 40.0. The summed E-state index contributed by atoms with van der Waals surface area (Å²) in [6, 6.07) is 6.18. The summed E-state index contributed by atoms with van der Waals surface area (Å²) in [5.74, 6) is 0.456. The Morgan fingerprint density at radius 1 is 1.06 bits per heavy atom. The largest absolute Gasteiger partial charge is 0.497 e. The van der Waals surface area contributed by atoms with E-state index in [4.69, 9.17) is 4.74 Å². The van der Waals surface area contributed by atoms with Crippen LogP contribution < -0.4 is 15.4 Å². The molecule has 0 aromatic heterocycles. The van der Waals surface area contributed by atoms with Gasteiger partial charge in [0.1, 0.15) is 11.8 Å². The Morgan fingerprint density at radius 3 is 2.13 bits per heavy atom. The summed E-state index contributed by atoms with van der Waals surface area (Å²) in [5, 5.41) is 5.94. The number of nitrogens with one attached hydrogen (secondary N) is 2. The van der Waals surface area contributed by atoms with Crippen LogP contribution >= 0.6 is 0 Å². The van der Waals surface area contributed by atoms with Crippen LogP contribution in [0.3, 0.4) is 0 Å². The second-order valence-electron chi connectivity index (χ2n) is 8.55. The monoisotopic (exact) mass is 431 g/mol. The lowest BCUT2D eigenvalue weighted by Crippen LogP contribution is -2.54. The standard InChI is InChI=1S/C24H37N3O4/c1-6-17(7-2)24(30)27-14-12-19(13-15-27)25-23(29)21(16(3)4)26-22(28)18-8-10-20(31-5)11-9-18/h8-11,16-17,19,21H,6-7,12-15H2,1-5H3,(H,25,29)(H,26,28). The summed E-state index contributed by atoms with van der Waals surface area (Å²) in [5.41, 5.74) is 0.479. The van der Waals surface area contributed by atoms with E-state index in [0.717, 1.165) is 25.7 Å². The number of benzene rings is 1. The number of carbonyl (C=O) groups is 3. The number of carbonyl (C=O) groups excluding carboxylic acids is 3. The molecule has 31 heavy (non-hydrogen) atoms. The van der Waals surface area contributed by atoms with Crippen molar-refractivity contribution in [3.63, 3.8) is 0 Å². The lowest BCUT2D eigenvalue weighted by molar-refractivity contribution is -0.137. The zero-order valence-electron chi connectivity index (χ0n) is 19.4. The molecule has 1 unspecified atom stereocenters. The molecule has 1 aliphatic rings. The first-order chi connectivity index (χ1) is 14.8. The van der Waals surface area contributed by atoms with Crippen LogP contribution in [0.1, 0.15) is 63.7 Å². The number of hydrogen-bond acceptors (Lipinski definition) is 4. The number of ether oxygens (including phenoxy) is 1. The molecule has 7 heteroatoms. The van der Waals surface area contributed by atoms with Gasteiger partial charge in [-0.25, -0.2) is 0 Å². The molecule has 0 radical (unpaired) electrons. The highest BCUT2D eigenvalue weighted by molar-refractivity contribution is 5.97. The summed E-state index contributed by atoms with van der Waals surface area (Å²) < 4.78 is 5.12. The van der Waals surface area contributed by atoms with Gasteiger partial charge in [0.25, 0.3) is 5.91 Å². The number of amides is 3. The van der Waals surface area contributed by atoms with Gasteiger partial charge in [-0.2, -0.15) is 0 Å². The molecule has 2 rings (SSSR count). The average Bonchev–Trinajstić information content (AvgIpc) is 2.78. The highest BCUT2D eigenvalue weighted by Crippen LogP contribution is 2.18. The maximum Gasteiger partial charge on any atom is 0.251 e. The number of likely N-dealkylation sites (tertiary alicyclic amines) is 1. The SMILES string of the molecule is CCC(CC)C(=O)N1CCC(NC(=O)C(NC(=O)c2ccc(OC)cc2)C(C)C)CC1. The van der Waals surface area contributed by atoms with Gasteiger partial charge in [0.2, 0.25) is 11.8 Å². The maximum atomic E-state index is 12.9. The number of piperidine rings is 1. The van der Waals surface area contributed by atoms with E-state index in [1.54, 1.807) is 31.4 Å². The first kappa shape index (κ1) is 24.7. The molecule has 1 saturated heterocycles. The minimum absolute atomic E-state index is 0.0115. The summed E-state index contributed by atoms with van der Waals surface area (Å²) in [6.45, 7) is 9.23. The van der Waals surface area contributed by atoms with Crippen molar-refractivity contribution in [2.24, 2.45) is 11.8 Å². The quantitative estimate of drug-likeness (QED) is 0.629. The maximum absolute atomic E-state index is 12.9. The normalized spacial score (nSPS) is 15.6. The third-order valence-electron chi connectivity index (χ3n) is 6.08. The molecule has 1 heterocycles. The average molecular weight is 432 g/mol. The van der Waals surface area contributed by atoms with E-state index in [1.165, 1.54) is 0 Å². The molecule has 0 saturated carbocycles. The lowest BCUT2D eigenvalue weighted by atomic mass is 9.97. The zero-order chi connectivity index (χ0) is 23.0. The van der Waals surface area contributed by atoms with Crippen LogP contribution in [-0.4, -0.2) is 54.9 Å². The Kier molecular flexibility index (Phi) is 9.34. The molecular weight excluding hydrogens is 394 g/mol. The van der Waals surface area contributed by atoms with E-state index >= 15 is 0 Å². The van der Waals surface area contributed by atoms with Gasteiger partial charge in [-0.1, -0.05) is 27.7 Å². The third kappa shape index (κ3) is 6.71. The molecule has 2 N–H and O–H groups in total. The topological polar surface area (TPSA) is 87.7 Å². The Bertz CT molecular complexity index is 736. The first-order valence-electron chi connectivity index (χ1n) is 11.3. The Hall–Kier alpha value is -2.57. The van der Waals surface area contributed by atoms with E-state index < -0.39 is 6.04 Å². The van der Waals surface area contributed by atoms with Crippen molar-refractivity contribution < 1.29 is 19.1 Å². The number of hydrogen-bond donors (Lipinski definition) is 2. The molecule has 0 aliphatic carbocycles. The van der Waals surface area contributed by atoms with E-state index in [2.05, 4.69) is 10.6 Å². The first-order valence-corrected chi connectivity index (χ1v) is 11.3. The summed E-state index contributed by atoms with van der Waals surface area (Å²) in [6.07, 6.45) is 3.18. The summed E-state index contributed by atoms with van der Waals surface area (Å²) in [7, 11) is 1.57. The van der Waals surface area contributed by atoms with Crippen LogP contribution in [-0.2, 0) is 9.59 Å². The van der Waals surface area contributed by atoms with Crippen LogP contribution in [0.5, 0.6) is 5.75 Å². The fraction of sp³-hybridized carbons (Fsp3) is 0.625. The smallest absolute Gasteiger partial charge is 0.251 e. The second-order valence-corrected chi connectivity index (χ2v) is 8.55. The van der Waals surface area contributed by atoms with E-state index in [1.807, 2.05) is 32.6 Å². The van der Waals surface area contributed by atoms with Gasteiger partial charge in [0.05, 0.1) is 7.11 Å². The molecule has 7 nitrogen and oxygen atoms in total. The molecular formula is C24H37N3O4. The van der Waals surface area contributed by atoms with Crippen molar-refractivity contribution in [3.8, 4) is 5.75 Å². The third-order valence-corrected chi connectivity index (χ3v) is 6.08. The molecule has 1 aromatic carbocycles. The van der Waals surface area contributed by atoms with Crippen molar-refractivity contribution in [1.29, 1.82) is 0 Å². The number of methoxy groups -OCH3 is 1. The number of nitrogens with zero attached hydrogens (tertiary/aromatic N) is 1. The molecule has 1 aromatic rings. The predicted octanol–water partition coefficient (Wildman–Crippen LogP) is 2.99. The van der Waals surface area contributed by atoms with Gasteiger partial charge < -0.3 is 20.3 Å². The fourth-order valence-electron chi connectivity index (χ4n) is 3.93. The molecule has 0 spiro atoms. The highest BCUT2D eigenvalue weighted by atomic mass is 16.5. The molecule has 0 bridgehead atoms. The molecule has 172 valence electrons. The summed E-state index contributed by atoms with van der Waals surface area (Å²) >= 11 is 0. The van der Waals surface area contributed by atoms with Gasteiger partial charge >= 0.3 is 0 Å². The van der Waals surface area contributed by atoms with Crippen LogP contribution in [0.4, 0.5) is 0 Å². The van der Waals surface area contributed by atoms with Gasteiger partial charge in [-0.3, -0.25) is 14.4 Å². The minimum atomic E-state index is -0.626. The van der Waals surface area contributed by atoms with Crippen molar-refractivity contribution >= 4 is 17.7 Å². The molecule has 3 amide bonds. The Labute approximate surface area is 185 Å². The predicted molar refractivity (Wildman–Crippen MR) is 121 cm³/mol. The Morgan fingerprint density at radius 2 is 1.65 bits per heavy atom. The van der Waals surface area contributed by atoms with Crippen molar-refractivity contribution in [2.45, 2.75) is 65.5 Å². The van der Waals surface area contributed by atoms with Crippen molar-refractivity contribution in [1.82, 2.24) is 15.5 Å². The molecule has 1 fully saturated rings.